The van der Waals surface area contributed by atoms with Crippen molar-refractivity contribution in [2.75, 3.05) is 19.3 Å². The molecule has 0 saturated carbocycles. The average molecular weight is 286 g/mol. The number of aromatic amines is 1. The standard InChI is InChI=1S/C12H22N4O2S/c1-3-10-8-16(19(2,17)18)5-4-12(10)14-7-11-6-13-9-15-11/h6,9-10,12,14H,3-5,7-8H2,1-2H3,(H,13,15). The molecule has 0 spiro atoms. The first-order valence-corrected chi connectivity index (χ1v) is 8.51. The van der Waals surface area contributed by atoms with Gasteiger partial charge in [0.2, 0.25) is 10.0 Å². The van der Waals surface area contributed by atoms with Crippen LogP contribution in [0.25, 0.3) is 0 Å². The smallest absolute Gasteiger partial charge is 0.211 e. The number of sulfonamides is 1. The monoisotopic (exact) mass is 286 g/mol. The molecule has 1 aromatic heterocycles. The zero-order valence-corrected chi connectivity index (χ0v) is 12.3. The number of nitrogens with zero attached hydrogens (tertiary/aromatic N) is 2. The number of piperidine rings is 1. The molecular formula is C12H22N4O2S. The van der Waals surface area contributed by atoms with Crippen LogP contribution in [-0.2, 0) is 16.6 Å². The van der Waals surface area contributed by atoms with Crippen molar-refractivity contribution in [2.45, 2.75) is 32.4 Å². The van der Waals surface area contributed by atoms with Crippen molar-refractivity contribution in [3.05, 3.63) is 18.2 Å². The van der Waals surface area contributed by atoms with Gasteiger partial charge in [0.25, 0.3) is 0 Å². The van der Waals surface area contributed by atoms with Crippen LogP contribution < -0.4 is 5.32 Å². The van der Waals surface area contributed by atoms with Crippen LogP contribution in [0.2, 0.25) is 0 Å². The molecule has 2 unspecified atom stereocenters. The Labute approximate surface area is 114 Å². The Kier molecular flexibility index (Phi) is 4.59. The lowest BCUT2D eigenvalue weighted by Gasteiger charge is -2.37. The van der Waals surface area contributed by atoms with Crippen molar-refractivity contribution in [3.63, 3.8) is 0 Å². The summed E-state index contributed by atoms with van der Waals surface area (Å²) in [5.41, 5.74) is 1.06. The van der Waals surface area contributed by atoms with E-state index in [1.807, 2.05) is 0 Å². The van der Waals surface area contributed by atoms with E-state index < -0.39 is 10.0 Å². The summed E-state index contributed by atoms with van der Waals surface area (Å²) in [4.78, 5) is 7.05. The summed E-state index contributed by atoms with van der Waals surface area (Å²) >= 11 is 0. The Morgan fingerprint density at radius 2 is 2.37 bits per heavy atom. The number of hydrogen-bond acceptors (Lipinski definition) is 4. The lowest BCUT2D eigenvalue weighted by molar-refractivity contribution is 0.201. The molecule has 1 fully saturated rings. The van der Waals surface area contributed by atoms with Crippen molar-refractivity contribution in [3.8, 4) is 0 Å². The Bertz CT molecular complexity index is 486. The van der Waals surface area contributed by atoms with Gasteiger partial charge in [0.1, 0.15) is 0 Å². The topological polar surface area (TPSA) is 78.1 Å². The molecule has 108 valence electrons. The molecule has 0 amide bonds. The minimum atomic E-state index is -3.06. The van der Waals surface area contributed by atoms with Crippen LogP contribution in [0.4, 0.5) is 0 Å². The number of rotatable bonds is 5. The predicted octanol–water partition coefficient (Wildman–Crippen LogP) is 0.559. The van der Waals surface area contributed by atoms with Crippen LogP contribution in [-0.4, -0.2) is 48.1 Å². The van der Waals surface area contributed by atoms with Gasteiger partial charge < -0.3 is 10.3 Å². The molecule has 0 bridgehead atoms. The highest BCUT2D eigenvalue weighted by Gasteiger charge is 2.31. The Hall–Kier alpha value is -0.920. The highest BCUT2D eigenvalue weighted by atomic mass is 32.2. The molecule has 19 heavy (non-hydrogen) atoms. The number of aromatic nitrogens is 2. The third-order valence-corrected chi connectivity index (χ3v) is 5.07. The third kappa shape index (κ3) is 3.77. The van der Waals surface area contributed by atoms with Crippen molar-refractivity contribution in [1.82, 2.24) is 19.6 Å². The van der Waals surface area contributed by atoms with Gasteiger partial charge in [-0.1, -0.05) is 13.3 Å². The molecule has 6 nitrogen and oxygen atoms in total. The first-order chi connectivity index (χ1) is 9.00. The van der Waals surface area contributed by atoms with Gasteiger partial charge in [-0.2, -0.15) is 0 Å². The van der Waals surface area contributed by atoms with Crippen LogP contribution >= 0.6 is 0 Å². The first-order valence-electron chi connectivity index (χ1n) is 6.66. The lowest BCUT2D eigenvalue weighted by atomic mass is 9.91. The van der Waals surface area contributed by atoms with Gasteiger partial charge >= 0.3 is 0 Å². The van der Waals surface area contributed by atoms with Gasteiger partial charge in [-0.15, -0.1) is 0 Å². The zero-order valence-electron chi connectivity index (χ0n) is 11.5. The van der Waals surface area contributed by atoms with E-state index >= 15 is 0 Å². The Balaban J connectivity index is 1.92. The van der Waals surface area contributed by atoms with Gasteiger partial charge in [-0.05, 0) is 12.3 Å². The van der Waals surface area contributed by atoms with Crippen LogP contribution in [0.3, 0.4) is 0 Å². The average Bonchev–Trinajstić information content (AvgIpc) is 2.88. The summed E-state index contributed by atoms with van der Waals surface area (Å²) in [5, 5.41) is 3.50. The summed E-state index contributed by atoms with van der Waals surface area (Å²) in [7, 11) is -3.06. The van der Waals surface area contributed by atoms with Crippen LogP contribution in [0.1, 0.15) is 25.5 Å². The summed E-state index contributed by atoms with van der Waals surface area (Å²) in [6.07, 6.45) is 6.60. The summed E-state index contributed by atoms with van der Waals surface area (Å²) in [6.45, 7) is 4.09. The minimum absolute atomic E-state index is 0.367. The third-order valence-electron chi connectivity index (χ3n) is 3.80. The van der Waals surface area contributed by atoms with Crippen molar-refractivity contribution >= 4 is 10.0 Å². The van der Waals surface area contributed by atoms with E-state index in [0.717, 1.165) is 25.1 Å². The Morgan fingerprint density at radius 3 is 2.95 bits per heavy atom. The molecule has 0 aromatic carbocycles. The van der Waals surface area contributed by atoms with Gasteiger partial charge in [0.15, 0.2) is 0 Å². The number of imidazole rings is 1. The van der Waals surface area contributed by atoms with E-state index in [0.29, 0.717) is 25.0 Å². The second kappa shape index (κ2) is 6.02. The largest absolute Gasteiger partial charge is 0.347 e. The molecule has 0 aliphatic carbocycles. The maximum Gasteiger partial charge on any atom is 0.211 e. The molecule has 2 heterocycles. The summed E-state index contributed by atoms with van der Waals surface area (Å²) < 4.78 is 24.8. The van der Waals surface area contributed by atoms with Crippen molar-refractivity contribution < 1.29 is 8.42 Å². The van der Waals surface area contributed by atoms with Crippen LogP contribution in [0.15, 0.2) is 12.5 Å². The summed E-state index contributed by atoms with van der Waals surface area (Å²) in [6, 6.07) is 0.367. The molecule has 0 radical (unpaired) electrons. The molecule has 1 aromatic rings. The van der Waals surface area contributed by atoms with E-state index in [1.54, 1.807) is 16.8 Å². The molecule has 1 saturated heterocycles. The molecular weight excluding hydrogens is 264 g/mol. The number of hydrogen-bond donors (Lipinski definition) is 2. The SMILES string of the molecule is CCC1CN(S(C)(=O)=O)CCC1NCc1cnc[nH]1. The fourth-order valence-corrected chi connectivity index (χ4v) is 3.50. The second-order valence-corrected chi connectivity index (χ2v) is 7.12. The fraction of sp³-hybridized carbons (Fsp3) is 0.750. The molecule has 1 aliphatic rings. The molecule has 2 rings (SSSR count). The number of nitrogens with one attached hydrogen (secondary N) is 2. The van der Waals surface area contributed by atoms with Crippen molar-refractivity contribution in [1.29, 1.82) is 0 Å². The highest BCUT2D eigenvalue weighted by Crippen LogP contribution is 2.22. The molecule has 7 heteroatoms. The molecule has 2 atom stereocenters. The van der Waals surface area contributed by atoms with Crippen molar-refractivity contribution in [2.24, 2.45) is 5.92 Å². The maximum absolute atomic E-state index is 11.6. The quantitative estimate of drug-likeness (QED) is 0.829. The Morgan fingerprint density at radius 1 is 1.58 bits per heavy atom. The molecule has 1 aliphatic heterocycles. The second-order valence-electron chi connectivity index (χ2n) is 5.14. The first kappa shape index (κ1) is 14.5. The fourth-order valence-electron chi connectivity index (χ4n) is 2.60. The number of H-pyrrole nitrogens is 1. The summed E-state index contributed by atoms with van der Waals surface area (Å²) in [5.74, 6) is 0.367. The minimum Gasteiger partial charge on any atom is -0.347 e. The van der Waals surface area contributed by atoms with E-state index in [-0.39, 0.29) is 0 Å². The molecule has 2 N–H and O–H groups in total. The van der Waals surface area contributed by atoms with Crippen LogP contribution in [0, 0.1) is 5.92 Å². The normalized spacial score (nSPS) is 25.6. The van der Waals surface area contributed by atoms with Gasteiger partial charge in [-0.3, -0.25) is 0 Å². The van der Waals surface area contributed by atoms with E-state index in [1.165, 1.54) is 6.26 Å². The van der Waals surface area contributed by atoms with E-state index in [4.69, 9.17) is 0 Å². The predicted molar refractivity (Wildman–Crippen MR) is 74.0 cm³/mol. The maximum atomic E-state index is 11.6. The van der Waals surface area contributed by atoms with E-state index in [9.17, 15) is 8.42 Å². The zero-order chi connectivity index (χ0) is 13.9. The van der Waals surface area contributed by atoms with Gasteiger partial charge in [-0.25, -0.2) is 17.7 Å². The lowest BCUT2D eigenvalue weighted by Crippen LogP contribution is -2.50. The highest BCUT2D eigenvalue weighted by molar-refractivity contribution is 7.88. The van der Waals surface area contributed by atoms with Crippen LogP contribution in [0.5, 0.6) is 0 Å². The van der Waals surface area contributed by atoms with Gasteiger partial charge in [0, 0.05) is 37.6 Å². The van der Waals surface area contributed by atoms with Gasteiger partial charge in [0.05, 0.1) is 12.6 Å². The van der Waals surface area contributed by atoms with E-state index in [2.05, 4.69) is 22.2 Å².